The van der Waals surface area contributed by atoms with Gasteiger partial charge in [-0.3, -0.25) is 9.79 Å². The molecule has 0 aliphatic rings. The molecule has 8 heteroatoms. The van der Waals surface area contributed by atoms with Crippen molar-refractivity contribution in [2.75, 3.05) is 25.5 Å². The van der Waals surface area contributed by atoms with Crippen molar-refractivity contribution in [1.29, 1.82) is 0 Å². The highest BCUT2D eigenvalue weighted by Crippen LogP contribution is 2.15. The summed E-state index contributed by atoms with van der Waals surface area (Å²) in [7, 11) is 1.65. The Morgan fingerprint density at radius 2 is 2.00 bits per heavy atom. The second-order valence-corrected chi connectivity index (χ2v) is 6.56. The lowest BCUT2D eigenvalue weighted by atomic mass is 10.3. The number of carbonyl (C=O) groups excluding carboxylic acids is 1. The molecule has 3 N–H and O–H groups in total. The van der Waals surface area contributed by atoms with Crippen LogP contribution in [0.25, 0.3) is 11.0 Å². The molecule has 1 heterocycles. The number of nitrogens with one attached hydrogen (secondary N) is 3. The van der Waals surface area contributed by atoms with Crippen LogP contribution in [0.3, 0.4) is 0 Å². The standard InChI is InChI=1S/C21H25FN6O/c1-15-26-18-9-3-4-10-19(18)28(15)12-6-11-24-21(23-2)25-14-20(29)27-17-8-5-7-16(22)13-17/h3-5,7-10,13H,6,11-12,14H2,1-2H3,(H,27,29)(H2,23,24,25). The smallest absolute Gasteiger partial charge is 0.243 e. The molecular formula is C21H25FN6O. The van der Waals surface area contributed by atoms with E-state index in [0.717, 1.165) is 29.8 Å². The van der Waals surface area contributed by atoms with Crippen LogP contribution >= 0.6 is 0 Å². The van der Waals surface area contributed by atoms with E-state index in [9.17, 15) is 9.18 Å². The summed E-state index contributed by atoms with van der Waals surface area (Å²) in [6.07, 6.45) is 0.872. The Morgan fingerprint density at radius 3 is 2.79 bits per heavy atom. The minimum absolute atomic E-state index is 0.0292. The number of rotatable bonds is 7. The Balaban J connectivity index is 1.42. The predicted molar refractivity (Wildman–Crippen MR) is 113 cm³/mol. The third-order valence-corrected chi connectivity index (χ3v) is 4.44. The molecule has 0 unspecified atom stereocenters. The van der Waals surface area contributed by atoms with Gasteiger partial charge >= 0.3 is 0 Å². The number of guanidine groups is 1. The number of carbonyl (C=O) groups is 1. The first kappa shape index (κ1) is 20.3. The number of aliphatic imine (C=N–C) groups is 1. The number of halogens is 1. The summed E-state index contributed by atoms with van der Waals surface area (Å²) in [5, 5.41) is 8.78. The highest BCUT2D eigenvalue weighted by atomic mass is 19.1. The summed E-state index contributed by atoms with van der Waals surface area (Å²) in [4.78, 5) is 20.7. The molecule has 7 nitrogen and oxygen atoms in total. The molecule has 29 heavy (non-hydrogen) atoms. The molecule has 3 aromatic rings. The van der Waals surface area contributed by atoms with Gasteiger partial charge in [0.2, 0.25) is 5.91 Å². The zero-order chi connectivity index (χ0) is 20.6. The zero-order valence-electron chi connectivity index (χ0n) is 16.6. The van der Waals surface area contributed by atoms with Gasteiger partial charge in [0, 0.05) is 25.8 Å². The van der Waals surface area contributed by atoms with Gasteiger partial charge in [0.1, 0.15) is 11.6 Å². The Bertz CT molecular complexity index is 1010. The fourth-order valence-corrected chi connectivity index (χ4v) is 3.08. The molecule has 0 spiro atoms. The van der Waals surface area contributed by atoms with Gasteiger partial charge < -0.3 is 20.5 Å². The van der Waals surface area contributed by atoms with Gasteiger partial charge in [-0.05, 0) is 43.7 Å². The van der Waals surface area contributed by atoms with Crippen LogP contribution in [0.15, 0.2) is 53.5 Å². The molecule has 0 radical (unpaired) electrons. The summed E-state index contributed by atoms with van der Waals surface area (Å²) >= 11 is 0. The quantitative estimate of drug-likeness (QED) is 0.326. The van der Waals surface area contributed by atoms with Crippen LogP contribution in [-0.2, 0) is 11.3 Å². The first-order valence-electron chi connectivity index (χ1n) is 9.48. The van der Waals surface area contributed by atoms with Crippen molar-refractivity contribution < 1.29 is 9.18 Å². The maximum absolute atomic E-state index is 13.2. The number of hydrogen-bond donors (Lipinski definition) is 3. The van der Waals surface area contributed by atoms with Crippen LogP contribution in [-0.4, -0.2) is 41.6 Å². The van der Waals surface area contributed by atoms with Crippen LogP contribution in [0.1, 0.15) is 12.2 Å². The Morgan fingerprint density at radius 1 is 1.17 bits per heavy atom. The monoisotopic (exact) mass is 396 g/mol. The van der Waals surface area contributed by atoms with Gasteiger partial charge in [0.05, 0.1) is 17.6 Å². The zero-order valence-corrected chi connectivity index (χ0v) is 16.6. The first-order valence-corrected chi connectivity index (χ1v) is 9.48. The lowest BCUT2D eigenvalue weighted by Gasteiger charge is -2.13. The van der Waals surface area contributed by atoms with Gasteiger partial charge in [-0.25, -0.2) is 9.37 Å². The van der Waals surface area contributed by atoms with E-state index in [2.05, 4.69) is 36.6 Å². The van der Waals surface area contributed by atoms with Crippen molar-refractivity contribution in [3.05, 3.63) is 60.2 Å². The third-order valence-electron chi connectivity index (χ3n) is 4.44. The van der Waals surface area contributed by atoms with E-state index in [-0.39, 0.29) is 12.5 Å². The third kappa shape index (κ3) is 5.54. The Hall–Kier alpha value is -3.42. The van der Waals surface area contributed by atoms with Crippen LogP contribution in [0.5, 0.6) is 0 Å². The van der Waals surface area contributed by atoms with E-state index in [1.807, 2.05) is 25.1 Å². The van der Waals surface area contributed by atoms with Gasteiger partial charge in [-0.1, -0.05) is 18.2 Å². The number of benzene rings is 2. The molecule has 0 saturated heterocycles. The summed E-state index contributed by atoms with van der Waals surface area (Å²) in [5.41, 5.74) is 2.55. The van der Waals surface area contributed by atoms with Gasteiger partial charge in [-0.2, -0.15) is 0 Å². The molecule has 1 aromatic heterocycles. The number of aryl methyl sites for hydroxylation is 2. The lowest BCUT2D eigenvalue weighted by molar-refractivity contribution is -0.115. The van der Waals surface area contributed by atoms with Crippen LogP contribution in [0, 0.1) is 12.7 Å². The summed E-state index contributed by atoms with van der Waals surface area (Å²) in [6, 6.07) is 13.9. The fraction of sp³-hybridized carbons (Fsp3) is 0.286. The molecule has 0 bridgehead atoms. The van der Waals surface area contributed by atoms with E-state index in [4.69, 9.17) is 0 Å². The number of fused-ring (bicyclic) bond motifs is 1. The molecule has 0 fully saturated rings. The molecule has 3 rings (SSSR count). The largest absolute Gasteiger partial charge is 0.356 e. The summed E-state index contributed by atoms with van der Waals surface area (Å²) in [6.45, 7) is 3.56. The maximum atomic E-state index is 13.2. The molecule has 0 atom stereocenters. The Labute approximate surface area is 169 Å². The van der Waals surface area contributed by atoms with Gasteiger partial charge in [-0.15, -0.1) is 0 Å². The van der Waals surface area contributed by atoms with Gasteiger partial charge in [0.25, 0.3) is 0 Å². The number of amides is 1. The predicted octanol–water partition coefficient (Wildman–Crippen LogP) is 2.68. The lowest BCUT2D eigenvalue weighted by Crippen LogP contribution is -2.41. The molecule has 0 aliphatic carbocycles. The van der Waals surface area contributed by atoms with E-state index in [1.165, 1.54) is 12.1 Å². The number of nitrogens with zero attached hydrogens (tertiary/aromatic N) is 3. The molecule has 2 aromatic carbocycles. The fourth-order valence-electron chi connectivity index (χ4n) is 3.08. The van der Waals surface area contributed by atoms with Crippen LogP contribution in [0.4, 0.5) is 10.1 Å². The average molecular weight is 396 g/mol. The number of hydrogen-bond acceptors (Lipinski definition) is 3. The summed E-state index contributed by atoms with van der Waals surface area (Å²) < 4.78 is 15.4. The number of imidazole rings is 1. The van der Waals surface area contributed by atoms with Crippen LogP contribution < -0.4 is 16.0 Å². The van der Waals surface area contributed by atoms with Crippen molar-refractivity contribution in [3.8, 4) is 0 Å². The van der Waals surface area contributed by atoms with E-state index in [1.54, 1.807) is 19.2 Å². The summed E-state index contributed by atoms with van der Waals surface area (Å²) in [5.74, 6) is 0.850. The number of aromatic nitrogens is 2. The minimum Gasteiger partial charge on any atom is -0.356 e. The topological polar surface area (TPSA) is 83.3 Å². The minimum atomic E-state index is -0.394. The SMILES string of the molecule is CN=C(NCCCn1c(C)nc2ccccc21)NCC(=O)Nc1cccc(F)c1. The molecule has 152 valence electrons. The number of para-hydroxylation sites is 2. The first-order chi connectivity index (χ1) is 14.1. The van der Waals surface area contributed by atoms with E-state index < -0.39 is 5.82 Å². The van der Waals surface area contributed by atoms with Crippen molar-refractivity contribution in [2.24, 2.45) is 4.99 Å². The Kier molecular flexibility index (Phi) is 6.78. The molecule has 1 amide bonds. The van der Waals surface area contributed by atoms with Crippen molar-refractivity contribution in [3.63, 3.8) is 0 Å². The second kappa shape index (κ2) is 9.68. The molecular weight excluding hydrogens is 371 g/mol. The molecule has 0 saturated carbocycles. The van der Waals surface area contributed by atoms with Crippen molar-refractivity contribution in [1.82, 2.24) is 20.2 Å². The highest BCUT2D eigenvalue weighted by Gasteiger charge is 2.07. The normalized spacial score (nSPS) is 11.5. The number of anilines is 1. The van der Waals surface area contributed by atoms with Crippen molar-refractivity contribution in [2.45, 2.75) is 19.9 Å². The average Bonchev–Trinajstić information content (AvgIpc) is 3.02. The van der Waals surface area contributed by atoms with E-state index in [0.29, 0.717) is 18.2 Å². The second-order valence-electron chi connectivity index (χ2n) is 6.56. The van der Waals surface area contributed by atoms with Crippen molar-refractivity contribution >= 4 is 28.6 Å². The van der Waals surface area contributed by atoms with Gasteiger partial charge in [0.15, 0.2) is 5.96 Å². The maximum Gasteiger partial charge on any atom is 0.243 e. The van der Waals surface area contributed by atoms with E-state index >= 15 is 0 Å². The van der Waals surface area contributed by atoms with Crippen LogP contribution in [0.2, 0.25) is 0 Å². The highest BCUT2D eigenvalue weighted by molar-refractivity contribution is 5.94. The molecule has 0 aliphatic heterocycles.